The summed E-state index contributed by atoms with van der Waals surface area (Å²) in [6.07, 6.45) is 14.2. The lowest BCUT2D eigenvalue weighted by Crippen LogP contribution is -2.43. The minimum absolute atomic E-state index is 0. The van der Waals surface area contributed by atoms with Gasteiger partial charge in [-0.05, 0) is 98.8 Å². The van der Waals surface area contributed by atoms with E-state index in [0.717, 1.165) is 53.4 Å². The van der Waals surface area contributed by atoms with E-state index < -0.39 is 0 Å². The van der Waals surface area contributed by atoms with E-state index in [9.17, 15) is 0 Å². The van der Waals surface area contributed by atoms with Gasteiger partial charge in [0.05, 0.1) is 6.54 Å². The van der Waals surface area contributed by atoms with E-state index in [4.69, 9.17) is 11.6 Å². The summed E-state index contributed by atoms with van der Waals surface area (Å²) in [4.78, 5) is 2.57. The van der Waals surface area contributed by atoms with Crippen molar-refractivity contribution in [1.82, 2.24) is 4.90 Å². The van der Waals surface area contributed by atoms with E-state index >= 15 is 0 Å². The van der Waals surface area contributed by atoms with Gasteiger partial charge in [-0.2, -0.15) is 0 Å². The Kier molecular flexibility index (Phi) is 7.39. The maximum Gasteiger partial charge on any atom is 0.0607 e. The summed E-state index contributed by atoms with van der Waals surface area (Å²) in [5.41, 5.74) is 2.51. The van der Waals surface area contributed by atoms with Gasteiger partial charge in [-0.25, -0.2) is 0 Å². The highest BCUT2D eigenvalue weighted by atomic mass is 35.5. The molecule has 0 radical (unpaired) electrons. The Morgan fingerprint density at radius 1 is 0.967 bits per heavy atom. The fourth-order valence-corrected chi connectivity index (χ4v) is 7.80. The molecule has 0 heterocycles. The molecule has 6 rings (SSSR count). The molecule has 3 heteroatoms. The SMILES string of the molecule is CCN(CC#Cc1ccc(C2C3CC4CC(C3)CC2C4)c(Cl)c1)C1CCCCC1.Cl. The van der Waals surface area contributed by atoms with Crippen molar-refractivity contribution in [3.05, 3.63) is 34.3 Å². The minimum atomic E-state index is 0. The molecule has 4 bridgehead atoms. The van der Waals surface area contributed by atoms with Crippen LogP contribution in [0.1, 0.15) is 88.2 Å². The predicted octanol–water partition coefficient (Wildman–Crippen LogP) is 7.31. The molecule has 0 atom stereocenters. The summed E-state index contributed by atoms with van der Waals surface area (Å²) in [7, 11) is 0. The first kappa shape index (κ1) is 22.5. The number of nitrogens with zero attached hydrogens (tertiary/aromatic N) is 1. The molecule has 5 saturated carbocycles. The van der Waals surface area contributed by atoms with Gasteiger partial charge >= 0.3 is 0 Å². The number of halogens is 2. The van der Waals surface area contributed by atoms with E-state index in [1.165, 1.54) is 69.8 Å². The maximum absolute atomic E-state index is 6.83. The third-order valence-corrected chi connectivity index (χ3v) is 8.93. The lowest BCUT2D eigenvalue weighted by Gasteiger charge is -2.54. The molecule has 1 aromatic rings. The lowest BCUT2D eigenvalue weighted by molar-refractivity contribution is -0.00275. The van der Waals surface area contributed by atoms with Gasteiger partial charge in [-0.15, -0.1) is 12.4 Å². The van der Waals surface area contributed by atoms with Crippen molar-refractivity contribution in [3.63, 3.8) is 0 Å². The highest BCUT2D eigenvalue weighted by molar-refractivity contribution is 6.31. The van der Waals surface area contributed by atoms with Crippen LogP contribution < -0.4 is 0 Å². The fourth-order valence-electron chi connectivity index (χ4n) is 7.50. The Morgan fingerprint density at radius 3 is 2.23 bits per heavy atom. The monoisotopic (exact) mass is 445 g/mol. The van der Waals surface area contributed by atoms with Gasteiger partial charge in [0.25, 0.3) is 0 Å². The van der Waals surface area contributed by atoms with Gasteiger partial charge in [0, 0.05) is 16.6 Å². The van der Waals surface area contributed by atoms with Gasteiger partial charge in [-0.1, -0.05) is 55.7 Å². The molecular formula is C27H37Cl2N. The molecule has 5 aliphatic rings. The van der Waals surface area contributed by atoms with Crippen LogP contribution >= 0.6 is 24.0 Å². The van der Waals surface area contributed by atoms with Gasteiger partial charge in [-0.3, -0.25) is 4.90 Å². The van der Waals surface area contributed by atoms with E-state index in [0.29, 0.717) is 5.92 Å². The fraction of sp³-hybridized carbons (Fsp3) is 0.704. The standard InChI is InChI=1S/C27H36ClN.ClH/c1-2-29(24-8-4-3-5-9-24)12-6-7-19-10-11-25(26(28)18-19)27-22-14-20-13-21(16-22)17-23(27)15-20;/h10-11,18,20-24,27H,2-5,8-9,12-17H2,1H3;1H. The zero-order chi connectivity index (χ0) is 19.8. The molecule has 30 heavy (non-hydrogen) atoms. The average Bonchev–Trinajstić information content (AvgIpc) is 2.72. The van der Waals surface area contributed by atoms with E-state index in [-0.39, 0.29) is 12.4 Å². The molecule has 0 N–H and O–H groups in total. The topological polar surface area (TPSA) is 3.24 Å². The van der Waals surface area contributed by atoms with Gasteiger partial charge in [0.2, 0.25) is 0 Å². The molecule has 0 aromatic heterocycles. The molecule has 0 unspecified atom stereocenters. The summed E-state index contributed by atoms with van der Waals surface area (Å²) in [6.45, 7) is 4.26. The normalized spacial score (nSPS) is 32.6. The van der Waals surface area contributed by atoms with Crippen LogP contribution in [0.25, 0.3) is 0 Å². The molecule has 0 spiro atoms. The Balaban J connectivity index is 0.00000218. The van der Waals surface area contributed by atoms with Crippen LogP contribution in [0.5, 0.6) is 0 Å². The number of rotatable bonds is 4. The molecule has 0 amide bonds. The molecule has 1 nitrogen and oxygen atoms in total. The second-order valence-electron chi connectivity index (χ2n) is 10.3. The lowest BCUT2D eigenvalue weighted by atomic mass is 9.51. The number of hydrogen-bond donors (Lipinski definition) is 0. The summed E-state index contributed by atoms with van der Waals surface area (Å²) in [5, 5.41) is 0.967. The summed E-state index contributed by atoms with van der Waals surface area (Å²) < 4.78 is 0. The summed E-state index contributed by atoms with van der Waals surface area (Å²) in [6, 6.07) is 7.44. The van der Waals surface area contributed by atoms with Crippen molar-refractivity contribution >= 4 is 24.0 Å². The maximum atomic E-state index is 6.83. The molecule has 0 saturated heterocycles. The largest absolute Gasteiger partial charge is 0.290 e. The van der Waals surface area contributed by atoms with Crippen LogP contribution in [0.3, 0.4) is 0 Å². The third-order valence-electron chi connectivity index (χ3n) is 8.60. The van der Waals surface area contributed by atoms with Crippen molar-refractivity contribution < 1.29 is 0 Å². The van der Waals surface area contributed by atoms with Crippen molar-refractivity contribution in [3.8, 4) is 11.8 Å². The minimum Gasteiger partial charge on any atom is -0.290 e. The van der Waals surface area contributed by atoms with Crippen molar-refractivity contribution in [2.24, 2.45) is 23.7 Å². The van der Waals surface area contributed by atoms with Crippen molar-refractivity contribution in [1.29, 1.82) is 0 Å². The van der Waals surface area contributed by atoms with Crippen LogP contribution in [-0.4, -0.2) is 24.0 Å². The zero-order valence-corrected chi connectivity index (χ0v) is 20.0. The van der Waals surface area contributed by atoms with Crippen LogP contribution in [0.4, 0.5) is 0 Å². The average molecular weight is 447 g/mol. The Hall–Kier alpha value is -0.680. The van der Waals surface area contributed by atoms with Gasteiger partial charge in [0.15, 0.2) is 0 Å². The first-order chi connectivity index (χ1) is 14.2. The molecular weight excluding hydrogens is 409 g/mol. The first-order valence-corrected chi connectivity index (χ1v) is 12.6. The molecule has 1 aromatic carbocycles. The Morgan fingerprint density at radius 2 is 1.63 bits per heavy atom. The Bertz CT molecular complexity index is 758. The van der Waals surface area contributed by atoms with E-state index in [1.54, 1.807) is 0 Å². The third kappa shape index (κ3) is 4.57. The first-order valence-electron chi connectivity index (χ1n) is 12.2. The van der Waals surface area contributed by atoms with Crippen LogP contribution in [0.2, 0.25) is 5.02 Å². The number of hydrogen-bond acceptors (Lipinski definition) is 1. The van der Waals surface area contributed by atoms with Crippen molar-refractivity contribution in [2.45, 2.75) is 83.1 Å². The molecule has 164 valence electrons. The van der Waals surface area contributed by atoms with Crippen LogP contribution in [-0.2, 0) is 0 Å². The van der Waals surface area contributed by atoms with Crippen LogP contribution in [0.15, 0.2) is 18.2 Å². The quantitative estimate of drug-likeness (QED) is 0.439. The zero-order valence-electron chi connectivity index (χ0n) is 18.4. The highest BCUT2D eigenvalue weighted by Gasteiger charge is 2.48. The Labute approximate surface area is 194 Å². The number of benzene rings is 1. The van der Waals surface area contributed by atoms with Crippen molar-refractivity contribution in [2.75, 3.05) is 13.1 Å². The van der Waals surface area contributed by atoms with E-state index in [1.807, 2.05) is 0 Å². The molecule has 5 aliphatic carbocycles. The second-order valence-corrected chi connectivity index (χ2v) is 10.8. The van der Waals surface area contributed by atoms with Gasteiger partial charge in [0.1, 0.15) is 0 Å². The van der Waals surface area contributed by atoms with Crippen LogP contribution in [0, 0.1) is 35.5 Å². The van der Waals surface area contributed by atoms with Gasteiger partial charge < -0.3 is 0 Å². The predicted molar refractivity (Wildman–Crippen MR) is 129 cm³/mol. The van der Waals surface area contributed by atoms with E-state index in [2.05, 4.69) is 41.9 Å². The molecule has 0 aliphatic heterocycles. The summed E-state index contributed by atoms with van der Waals surface area (Å²) in [5.74, 6) is 11.4. The smallest absolute Gasteiger partial charge is 0.0607 e. The summed E-state index contributed by atoms with van der Waals surface area (Å²) >= 11 is 6.83. The molecule has 5 fully saturated rings. The second kappa shape index (κ2) is 9.85. The highest BCUT2D eigenvalue weighted by Crippen LogP contribution is 2.60.